The predicted molar refractivity (Wildman–Crippen MR) is 134 cm³/mol. The molecule has 9 heteroatoms. The topological polar surface area (TPSA) is 95.9 Å². The number of anilines is 1. The molecule has 4 aromatic rings. The fourth-order valence-corrected chi connectivity index (χ4v) is 5.82. The van der Waals surface area contributed by atoms with E-state index in [1.807, 2.05) is 27.0 Å². The monoisotopic (exact) mass is 476 g/mol. The quantitative estimate of drug-likeness (QED) is 0.444. The molecule has 0 radical (unpaired) electrons. The van der Waals surface area contributed by atoms with Crippen LogP contribution in [-0.2, 0) is 37.8 Å². The minimum absolute atomic E-state index is 0.131. The second-order valence-electron chi connectivity index (χ2n) is 8.87. The summed E-state index contributed by atoms with van der Waals surface area (Å²) >= 11 is 1.55. The van der Waals surface area contributed by atoms with Crippen LogP contribution in [0.1, 0.15) is 39.4 Å². The Labute approximate surface area is 201 Å². The van der Waals surface area contributed by atoms with Crippen LogP contribution in [0.25, 0.3) is 11.0 Å². The first-order chi connectivity index (χ1) is 16.4. The zero-order chi connectivity index (χ0) is 23.8. The lowest BCUT2D eigenvalue weighted by atomic mass is 10.0. The van der Waals surface area contributed by atoms with E-state index in [0.717, 1.165) is 48.4 Å². The molecule has 0 unspecified atom stereocenters. The van der Waals surface area contributed by atoms with Crippen LogP contribution in [-0.4, -0.2) is 37.1 Å². The van der Waals surface area contributed by atoms with Crippen LogP contribution in [0, 0.1) is 13.8 Å². The molecule has 5 rings (SSSR count). The molecule has 2 N–H and O–H groups in total. The van der Waals surface area contributed by atoms with Gasteiger partial charge in [-0.05, 0) is 31.4 Å². The van der Waals surface area contributed by atoms with Crippen molar-refractivity contribution < 1.29 is 4.79 Å². The highest BCUT2D eigenvalue weighted by Gasteiger charge is 2.22. The van der Waals surface area contributed by atoms with Crippen LogP contribution < -0.4 is 10.9 Å². The Kier molecular flexibility index (Phi) is 6.05. The van der Waals surface area contributed by atoms with Gasteiger partial charge in [0, 0.05) is 55.4 Å². The normalized spacial score (nSPS) is 13.9. The first kappa shape index (κ1) is 22.5. The van der Waals surface area contributed by atoms with Gasteiger partial charge >= 0.3 is 0 Å². The van der Waals surface area contributed by atoms with Gasteiger partial charge in [-0.3, -0.25) is 19.2 Å². The van der Waals surface area contributed by atoms with Crippen molar-refractivity contribution in [3.63, 3.8) is 0 Å². The van der Waals surface area contributed by atoms with Crippen LogP contribution in [0.5, 0.6) is 0 Å². The Balaban J connectivity index is 1.23. The van der Waals surface area contributed by atoms with Crippen molar-refractivity contribution in [3.05, 3.63) is 73.6 Å². The predicted octanol–water partition coefficient (Wildman–Crippen LogP) is 3.46. The van der Waals surface area contributed by atoms with Gasteiger partial charge in [-0.25, -0.2) is 4.98 Å². The second kappa shape index (κ2) is 9.15. The van der Waals surface area contributed by atoms with Crippen molar-refractivity contribution in [2.45, 2.75) is 46.2 Å². The first-order valence-electron chi connectivity index (χ1n) is 11.5. The van der Waals surface area contributed by atoms with E-state index < -0.39 is 0 Å². The van der Waals surface area contributed by atoms with Crippen molar-refractivity contribution in [2.75, 3.05) is 11.9 Å². The zero-order valence-electron chi connectivity index (χ0n) is 19.6. The molecule has 1 aliphatic rings. The van der Waals surface area contributed by atoms with Crippen LogP contribution >= 0.6 is 11.3 Å². The molecule has 0 fully saturated rings. The summed E-state index contributed by atoms with van der Waals surface area (Å²) < 4.78 is 1.68. The maximum Gasteiger partial charge on any atom is 0.253 e. The molecule has 1 aliphatic heterocycles. The van der Waals surface area contributed by atoms with E-state index in [1.165, 1.54) is 10.4 Å². The number of carbonyl (C=O) groups excluding carboxylic acids is 1. The third kappa shape index (κ3) is 4.41. The van der Waals surface area contributed by atoms with Gasteiger partial charge in [-0.1, -0.05) is 30.3 Å². The lowest BCUT2D eigenvalue weighted by Crippen LogP contribution is -2.29. The fourth-order valence-electron chi connectivity index (χ4n) is 4.75. The van der Waals surface area contributed by atoms with Gasteiger partial charge in [-0.15, -0.1) is 11.3 Å². The molecule has 176 valence electrons. The highest BCUT2D eigenvalue weighted by molar-refractivity contribution is 7.15. The van der Waals surface area contributed by atoms with Gasteiger partial charge in [-0.2, -0.15) is 5.10 Å². The molecule has 0 bridgehead atoms. The largest absolute Gasteiger partial charge is 0.307 e. The minimum Gasteiger partial charge on any atom is -0.307 e. The number of hydrogen-bond acceptors (Lipinski definition) is 6. The highest BCUT2D eigenvalue weighted by Crippen LogP contribution is 2.29. The molecular weight excluding hydrogens is 448 g/mol. The number of benzene rings is 1. The van der Waals surface area contributed by atoms with Gasteiger partial charge in [0.25, 0.3) is 5.56 Å². The summed E-state index contributed by atoms with van der Waals surface area (Å²) in [6.45, 7) is 6.56. The summed E-state index contributed by atoms with van der Waals surface area (Å²) in [4.78, 5) is 36.5. The van der Waals surface area contributed by atoms with E-state index in [4.69, 9.17) is 0 Å². The number of nitrogens with one attached hydrogen (secondary N) is 2. The summed E-state index contributed by atoms with van der Waals surface area (Å²) in [7, 11) is 1.81. The van der Waals surface area contributed by atoms with E-state index in [-0.39, 0.29) is 17.9 Å². The van der Waals surface area contributed by atoms with Crippen molar-refractivity contribution in [2.24, 2.45) is 7.05 Å². The number of pyridine rings is 1. The number of hydrogen-bond donors (Lipinski definition) is 2. The maximum atomic E-state index is 12.7. The Morgan fingerprint density at radius 2 is 2.03 bits per heavy atom. The number of aromatic amines is 1. The molecule has 8 nitrogen and oxygen atoms in total. The van der Waals surface area contributed by atoms with Crippen molar-refractivity contribution in [1.82, 2.24) is 24.6 Å². The third-order valence-corrected chi connectivity index (χ3v) is 7.46. The average Bonchev–Trinajstić information content (AvgIpc) is 3.33. The van der Waals surface area contributed by atoms with Crippen molar-refractivity contribution in [3.8, 4) is 0 Å². The summed E-state index contributed by atoms with van der Waals surface area (Å²) in [5, 5.41) is 8.94. The number of nitrogens with zero attached hydrogens (tertiary/aromatic N) is 4. The van der Waals surface area contributed by atoms with E-state index >= 15 is 0 Å². The summed E-state index contributed by atoms with van der Waals surface area (Å²) in [6.07, 6.45) is 1.47. The lowest BCUT2D eigenvalue weighted by Gasteiger charge is -2.25. The number of fused-ring (bicyclic) bond motifs is 2. The Hall–Kier alpha value is -3.30. The van der Waals surface area contributed by atoms with E-state index in [0.29, 0.717) is 22.8 Å². The molecule has 0 aliphatic carbocycles. The van der Waals surface area contributed by atoms with Gasteiger partial charge in [0.1, 0.15) is 5.65 Å². The maximum absolute atomic E-state index is 12.7. The van der Waals surface area contributed by atoms with Gasteiger partial charge in [0.15, 0.2) is 5.13 Å². The van der Waals surface area contributed by atoms with E-state index in [1.54, 1.807) is 16.0 Å². The third-order valence-electron chi connectivity index (χ3n) is 6.46. The van der Waals surface area contributed by atoms with Crippen molar-refractivity contribution in [1.29, 1.82) is 0 Å². The molecule has 4 heterocycles. The molecule has 1 aromatic carbocycles. The smallest absolute Gasteiger partial charge is 0.253 e. The average molecular weight is 477 g/mol. The van der Waals surface area contributed by atoms with E-state index in [2.05, 4.69) is 49.5 Å². The number of thiazole rings is 1. The van der Waals surface area contributed by atoms with Gasteiger partial charge in [0.05, 0.1) is 11.4 Å². The Morgan fingerprint density at radius 1 is 1.24 bits per heavy atom. The number of carbonyl (C=O) groups is 1. The Morgan fingerprint density at radius 3 is 2.82 bits per heavy atom. The number of rotatable bonds is 6. The molecule has 1 amide bonds. The van der Waals surface area contributed by atoms with Crippen LogP contribution in [0.3, 0.4) is 0 Å². The van der Waals surface area contributed by atoms with Gasteiger partial charge < -0.3 is 10.3 Å². The van der Waals surface area contributed by atoms with Crippen molar-refractivity contribution >= 4 is 33.4 Å². The molecular formula is C25H28N6O2S. The molecule has 0 spiro atoms. The fraction of sp³-hybridized carbons (Fsp3) is 0.360. The lowest BCUT2D eigenvalue weighted by molar-refractivity contribution is -0.116. The number of aryl methyl sites for hydroxylation is 3. The molecule has 34 heavy (non-hydrogen) atoms. The standard InChI is InChI=1S/C25H28N6O2S/c1-15-18(24(33)28-23-22(15)16(2)29-30(23)3)9-10-21(32)27-25-26-19-11-12-31(14-20(19)34-25)13-17-7-5-4-6-8-17/h4-8H,9-14H2,1-3H3,(H,28,33)(H,26,27,32). The van der Waals surface area contributed by atoms with E-state index in [9.17, 15) is 9.59 Å². The number of H-pyrrole nitrogens is 1. The summed E-state index contributed by atoms with van der Waals surface area (Å²) in [5.74, 6) is -0.131. The molecule has 0 atom stereocenters. The van der Waals surface area contributed by atoms with Crippen LogP contribution in [0.2, 0.25) is 0 Å². The second-order valence-corrected chi connectivity index (χ2v) is 9.96. The highest BCUT2D eigenvalue weighted by atomic mass is 32.1. The molecule has 0 saturated heterocycles. The van der Waals surface area contributed by atoms with Gasteiger partial charge in [0.2, 0.25) is 5.91 Å². The first-order valence-corrected chi connectivity index (χ1v) is 12.3. The number of aromatic nitrogens is 4. The molecule has 0 saturated carbocycles. The van der Waals surface area contributed by atoms with Crippen LogP contribution in [0.4, 0.5) is 5.13 Å². The summed E-state index contributed by atoms with van der Waals surface area (Å²) in [6, 6.07) is 10.5. The molecule has 3 aromatic heterocycles. The zero-order valence-corrected chi connectivity index (χ0v) is 20.5. The Bertz CT molecular complexity index is 1420. The van der Waals surface area contributed by atoms with Crippen LogP contribution in [0.15, 0.2) is 35.1 Å². The SMILES string of the molecule is Cc1nn(C)c2[nH]c(=O)c(CCC(=O)Nc3nc4c(s3)CN(Cc3ccccc3)CC4)c(C)c12. The summed E-state index contributed by atoms with van der Waals surface area (Å²) in [5.41, 5.74) is 5.32. The minimum atomic E-state index is -0.163. The number of amides is 1.